The highest BCUT2D eigenvalue weighted by Gasteiger charge is 2.44. The lowest BCUT2D eigenvalue weighted by Gasteiger charge is -2.38. The van der Waals surface area contributed by atoms with Crippen LogP contribution in [0, 0.1) is 0 Å². The van der Waals surface area contributed by atoms with Crippen molar-refractivity contribution in [2.45, 2.75) is 18.4 Å². The number of para-hydroxylation sites is 1. The van der Waals surface area contributed by atoms with Crippen molar-refractivity contribution in [2.24, 2.45) is 0 Å². The Bertz CT molecular complexity index is 879. The topological polar surface area (TPSA) is 73.0 Å². The third kappa shape index (κ3) is 2.99. The first-order valence-electron chi connectivity index (χ1n) is 9.26. The van der Waals surface area contributed by atoms with Gasteiger partial charge in [0, 0.05) is 38.4 Å². The number of piperazine rings is 1. The quantitative estimate of drug-likeness (QED) is 0.735. The molecule has 1 aromatic carbocycles. The number of nitrogens with one attached hydrogen (secondary N) is 2. The lowest BCUT2D eigenvalue weighted by atomic mass is 10.2. The van der Waals surface area contributed by atoms with Gasteiger partial charge in [-0.05, 0) is 25.0 Å². The summed E-state index contributed by atoms with van der Waals surface area (Å²) in [4.78, 5) is 13.7. The van der Waals surface area contributed by atoms with Gasteiger partial charge in [-0.3, -0.25) is 10.00 Å². The number of nitrogens with zero attached hydrogens (tertiary/aromatic N) is 5. The number of anilines is 2. The molecule has 1 saturated carbocycles. The molecule has 0 bridgehead atoms. The second-order valence-electron chi connectivity index (χ2n) is 7.36. The van der Waals surface area contributed by atoms with Crippen molar-refractivity contribution in [2.75, 3.05) is 42.9 Å². The Balaban J connectivity index is 1.22. The summed E-state index contributed by atoms with van der Waals surface area (Å²) in [5, 5.41) is 11.6. The Morgan fingerprint density at radius 3 is 2.62 bits per heavy atom. The second-order valence-corrected chi connectivity index (χ2v) is 7.36. The van der Waals surface area contributed by atoms with Crippen LogP contribution >= 0.6 is 0 Å². The molecule has 26 heavy (non-hydrogen) atoms. The van der Waals surface area contributed by atoms with Gasteiger partial charge in [0.2, 0.25) is 0 Å². The van der Waals surface area contributed by atoms with Gasteiger partial charge in [-0.1, -0.05) is 18.2 Å². The smallest absolute Gasteiger partial charge is 0.160 e. The van der Waals surface area contributed by atoms with Gasteiger partial charge in [0.15, 0.2) is 5.65 Å². The lowest BCUT2D eigenvalue weighted by molar-refractivity contribution is 0.242. The van der Waals surface area contributed by atoms with Crippen LogP contribution in [0.15, 0.2) is 42.9 Å². The van der Waals surface area contributed by atoms with Crippen LogP contribution < -0.4 is 10.2 Å². The largest absolute Gasteiger partial charge is 0.369 e. The summed E-state index contributed by atoms with van der Waals surface area (Å²) in [5.41, 5.74) is 2.26. The van der Waals surface area contributed by atoms with Crippen molar-refractivity contribution in [3.05, 3.63) is 42.9 Å². The highest BCUT2D eigenvalue weighted by Crippen LogP contribution is 2.40. The molecule has 2 N–H and O–H groups in total. The number of aromatic nitrogens is 4. The van der Waals surface area contributed by atoms with Gasteiger partial charge in [-0.15, -0.1) is 0 Å². The summed E-state index contributed by atoms with van der Waals surface area (Å²) in [7, 11) is 0. The number of hydrogen-bond donors (Lipinski definition) is 2. The van der Waals surface area contributed by atoms with Gasteiger partial charge in [0.25, 0.3) is 0 Å². The van der Waals surface area contributed by atoms with E-state index < -0.39 is 0 Å². The average Bonchev–Trinajstić information content (AvgIpc) is 3.25. The van der Waals surface area contributed by atoms with Crippen LogP contribution in [0.1, 0.15) is 12.8 Å². The maximum Gasteiger partial charge on any atom is 0.160 e. The lowest BCUT2D eigenvalue weighted by Crippen LogP contribution is -2.50. The van der Waals surface area contributed by atoms with Crippen LogP contribution in [0.4, 0.5) is 11.5 Å². The minimum absolute atomic E-state index is 0.146. The van der Waals surface area contributed by atoms with E-state index in [4.69, 9.17) is 0 Å². The van der Waals surface area contributed by atoms with Crippen molar-refractivity contribution < 1.29 is 0 Å². The molecule has 2 aliphatic rings. The van der Waals surface area contributed by atoms with Gasteiger partial charge in [-0.25, -0.2) is 9.97 Å². The Kier molecular flexibility index (Phi) is 3.74. The standard InChI is InChI=1S/C19H23N7/c1-2-4-15(5-3-1)26-10-8-25(9-11-26)13-19(6-7-19)23-17-16-12-22-24-18(16)21-14-20-17/h1-5,12,14H,6-11,13H2,(H2,20,21,22,23,24). The average molecular weight is 349 g/mol. The Morgan fingerprint density at radius 2 is 1.85 bits per heavy atom. The molecule has 1 saturated heterocycles. The predicted octanol–water partition coefficient (Wildman–Crippen LogP) is 2.12. The fraction of sp³-hybridized carbons (Fsp3) is 0.421. The van der Waals surface area contributed by atoms with Gasteiger partial charge in [-0.2, -0.15) is 5.10 Å². The maximum absolute atomic E-state index is 4.44. The molecule has 2 aromatic heterocycles. The van der Waals surface area contributed by atoms with Gasteiger partial charge in [0.05, 0.1) is 17.1 Å². The van der Waals surface area contributed by atoms with Crippen LogP contribution in [0.5, 0.6) is 0 Å². The maximum atomic E-state index is 4.44. The first-order valence-corrected chi connectivity index (χ1v) is 9.26. The highest BCUT2D eigenvalue weighted by molar-refractivity contribution is 5.86. The summed E-state index contributed by atoms with van der Waals surface area (Å²) in [5.74, 6) is 0.893. The fourth-order valence-electron chi connectivity index (χ4n) is 3.82. The zero-order valence-corrected chi connectivity index (χ0v) is 14.7. The number of benzene rings is 1. The fourth-order valence-corrected chi connectivity index (χ4v) is 3.82. The Morgan fingerprint density at radius 1 is 1.04 bits per heavy atom. The van der Waals surface area contributed by atoms with Crippen molar-refractivity contribution in [1.82, 2.24) is 25.1 Å². The molecule has 134 valence electrons. The van der Waals surface area contributed by atoms with E-state index >= 15 is 0 Å². The zero-order valence-electron chi connectivity index (χ0n) is 14.7. The van der Waals surface area contributed by atoms with E-state index in [2.05, 4.69) is 65.6 Å². The first-order chi connectivity index (χ1) is 12.8. The molecule has 3 heterocycles. The molecule has 7 heteroatoms. The first kappa shape index (κ1) is 15.6. The highest BCUT2D eigenvalue weighted by atomic mass is 15.3. The third-order valence-corrected chi connectivity index (χ3v) is 5.51. The summed E-state index contributed by atoms with van der Waals surface area (Å²) in [6.45, 7) is 5.44. The van der Waals surface area contributed by atoms with Gasteiger partial charge >= 0.3 is 0 Å². The second kappa shape index (κ2) is 6.25. The molecule has 3 aromatic rings. The van der Waals surface area contributed by atoms with E-state index in [0.29, 0.717) is 0 Å². The zero-order chi connectivity index (χ0) is 17.4. The van der Waals surface area contributed by atoms with Crippen molar-refractivity contribution >= 4 is 22.5 Å². The molecule has 2 fully saturated rings. The van der Waals surface area contributed by atoms with Gasteiger partial charge in [0.1, 0.15) is 12.1 Å². The third-order valence-electron chi connectivity index (χ3n) is 5.51. The van der Waals surface area contributed by atoms with E-state index in [1.165, 1.54) is 18.5 Å². The minimum atomic E-state index is 0.146. The molecule has 1 aliphatic carbocycles. The number of fused-ring (bicyclic) bond motifs is 1. The molecular formula is C19H23N7. The van der Waals surface area contributed by atoms with E-state index in [0.717, 1.165) is 49.6 Å². The molecule has 0 spiro atoms. The monoisotopic (exact) mass is 349 g/mol. The minimum Gasteiger partial charge on any atom is -0.369 e. The SMILES string of the molecule is c1ccc(N2CCN(CC3(Nc4ncnc5[nH]ncc45)CC3)CC2)cc1. The van der Waals surface area contributed by atoms with Crippen molar-refractivity contribution in [1.29, 1.82) is 0 Å². The molecular weight excluding hydrogens is 326 g/mol. The van der Waals surface area contributed by atoms with E-state index in [-0.39, 0.29) is 5.54 Å². The molecule has 0 unspecified atom stereocenters. The summed E-state index contributed by atoms with van der Waals surface area (Å²) in [6, 6.07) is 10.7. The molecule has 0 radical (unpaired) electrons. The molecule has 0 amide bonds. The van der Waals surface area contributed by atoms with Crippen LogP contribution in [-0.2, 0) is 0 Å². The number of H-pyrrole nitrogens is 1. The van der Waals surface area contributed by atoms with Crippen molar-refractivity contribution in [3.8, 4) is 0 Å². The summed E-state index contributed by atoms with van der Waals surface area (Å²) in [6.07, 6.45) is 5.77. The van der Waals surface area contributed by atoms with E-state index in [9.17, 15) is 0 Å². The number of rotatable bonds is 5. The summed E-state index contributed by atoms with van der Waals surface area (Å²) < 4.78 is 0. The predicted molar refractivity (Wildman–Crippen MR) is 102 cm³/mol. The van der Waals surface area contributed by atoms with Crippen LogP contribution in [-0.4, -0.2) is 63.3 Å². The Labute approximate surface area is 152 Å². The summed E-state index contributed by atoms with van der Waals surface area (Å²) >= 11 is 0. The molecule has 5 rings (SSSR count). The van der Waals surface area contributed by atoms with Crippen LogP contribution in [0.2, 0.25) is 0 Å². The van der Waals surface area contributed by atoms with Crippen molar-refractivity contribution in [3.63, 3.8) is 0 Å². The Hall–Kier alpha value is -2.67. The molecule has 1 aliphatic heterocycles. The molecule has 0 atom stereocenters. The normalized spacial score (nSPS) is 19.6. The molecule has 7 nitrogen and oxygen atoms in total. The van der Waals surface area contributed by atoms with Crippen LogP contribution in [0.3, 0.4) is 0 Å². The number of hydrogen-bond acceptors (Lipinski definition) is 6. The van der Waals surface area contributed by atoms with E-state index in [1.807, 2.05) is 0 Å². The van der Waals surface area contributed by atoms with E-state index in [1.54, 1.807) is 12.5 Å². The van der Waals surface area contributed by atoms with Gasteiger partial charge < -0.3 is 10.2 Å². The van der Waals surface area contributed by atoms with Crippen LogP contribution in [0.25, 0.3) is 11.0 Å². The number of aromatic amines is 1.